The van der Waals surface area contributed by atoms with E-state index in [1.54, 1.807) is 0 Å². The number of furan rings is 1. The molecule has 0 aliphatic rings. The smallest absolute Gasteiger partial charge is 0.137 e. The SMILES string of the molecule is CCCNCc1oc2c(C)ccc(C(C)C)c2c1CC. The first-order chi connectivity index (χ1) is 9.60. The predicted molar refractivity (Wildman–Crippen MR) is 86.4 cm³/mol. The van der Waals surface area contributed by atoms with Crippen LogP contribution in [0.15, 0.2) is 16.5 Å². The third kappa shape index (κ3) is 2.76. The molecule has 2 nitrogen and oxygen atoms in total. The number of hydrogen-bond donors (Lipinski definition) is 1. The first kappa shape index (κ1) is 15.1. The summed E-state index contributed by atoms with van der Waals surface area (Å²) in [5, 5.41) is 4.82. The van der Waals surface area contributed by atoms with E-state index in [4.69, 9.17) is 4.42 Å². The van der Waals surface area contributed by atoms with Crippen molar-refractivity contribution in [3.63, 3.8) is 0 Å². The van der Waals surface area contributed by atoms with Crippen LogP contribution in [0.4, 0.5) is 0 Å². The second-order valence-corrected chi connectivity index (χ2v) is 5.86. The standard InChI is InChI=1S/C18H27NO/c1-6-10-19-11-16-14(7-2)17-15(12(3)4)9-8-13(5)18(17)20-16/h8-9,12,19H,6-7,10-11H2,1-5H3. The summed E-state index contributed by atoms with van der Waals surface area (Å²) in [4.78, 5) is 0. The molecule has 2 heteroatoms. The highest BCUT2D eigenvalue weighted by atomic mass is 16.3. The van der Waals surface area contributed by atoms with Gasteiger partial charge in [-0.25, -0.2) is 0 Å². The van der Waals surface area contributed by atoms with E-state index in [9.17, 15) is 0 Å². The number of rotatable bonds is 6. The van der Waals surface area contributed by atoms with E-state index in [1.807, 2.05) is 0 Å². The van der Waals surface area contributed by atoms with E-state index in [1.165, 1.54) is 22.1 Å². The Kier molecular flexibility index (Phi) is 4.87. The minimum absolute atomic E-state index is 0.525. The van der Waals surface area contributed by atoms with E-state index < -0.39 is 0 Å². The van der Waals surface area contributed by atoms with E-state index in [0.717, 1.165) is 37.3 Å². The Morgan fingerprint density at radius 1 is 1.20 bits per heavy atom. The Balaban J connectivity index is 2.55. The van der Waals surface area contributed by atoms with Gasteiger partial charge in [0, 0.05) is 10.9 Å². The molecule has 0 atom stereocenters. The molecule has 1 heterocycles. The Morgan fingerprint density at radius 3 is 2.55 bits per heavy atom. The lowest BCUT2D eigenvalue weighted by molar-refractivity contribution is 0.507. The van der Waals surface area contributed by atoms with Crippen LogP contribution >= 0.6 is 0 Å². The molecule has 0 saturated carbocycles. The van der Waals surface area contributed by atoms with E-state index in [2.05, 4.69) is 52.1 Å². The minimum Gasteiger partial charge on any atom is -0.459 e. The van der Waals surface area contributed by atoms with Gasteiger partial charge in [-0.15, -0.1) is 0 Å². The van der Waals surface area contributed by atoms with Crippen LogP contribution in [-0.2, 0) is 13.0 Å². The summed E-state index contributed by atoms with van der Waals surface area (Å²) < 4.78 is 6.20. The molecule has 0 radical (unpaired) electrons. The van der Waals surface area contributed by atoms with Gasteiger partial charge in [0.15, 0.2) is 0 Å². The number of benzene rings is 1. The topological polar surface area (TPSA) is 25.2 Å². The van der Waals surface area contributed by atoms with Crippen LogP contribution in [0.1, 0.15) is 62.5 Å². The van der Waals surface area contributed by atoms with Crippen molar-refractivity contribution in [2.45, 2.75) is 59.9 Å². The van der Waals surface area contributed by atoms with Crippen molar-refractivity contribution in [2.24, 2.45) is 0 Å². The van der Waals surface area contributed by atoms with Crippen molar-refractivity contribution in [3.05, 3.63) is 34.6 Å². The third-order valence-corrected chi connectivity index (χ3v) is 3.94. The third-order valence-electron chi connectivity index (χ3n) is 3.94. The molecular weight excluding hydrogens is 246 g/mol. The van der Waals surface area contributed by atoms with Gasteiger partial charge in [0.2, 0.25) is 0 Å². The van der Waals surface area contributed by atoms with Crippen molar-refractivity contribution in [1.29, 1.82) is 0 Å². The van der Waals surface area contributed by atoms with E-state index in [-0.39, 0.29) is 0 Å². The van der Waals surface area contributed by atoms with Crippen molar-refractivity contribution in [3.8, 4) is 0 Å². The van der Waals surface area contributed by atoms with Gasteiger partial charge in [-0.05, 0) is 43.4 Å². The minimum atomic E-state index is 0.525. The van der Waals surface area contributed by atoms with Crippen LogP contribution < -0.4 is 5.32 Å². The highest BCUT2D eigenvalue weighted by Crippen LogP contribution is 2.35. The molecule has 1 aromatic carbocycles. The normalized spacial score (nSPS) is 11.7. The van der Waals surface area contributed by atoms with Gasteiger partial charge in [-0.2, -0.15) is 0 Å². The summed E-state index contributed by atoms with van der Waals surface area (Å²) in [6.07, 6.45) is 2.18. The van der Waals surface area contributed by atoms with Crippen LogP contribution in [0.2, 0.25) is 0 Å². The summed E-state index contributed by atoms with van der Waals surface area (Å²) in [7, 11) is 0. The summed E-state index contributed by atoms with van der Waals surface area (Å²) in [5.74, 6) is 1.64. The van der Waals surface area contributed by atoms with Gasteiger partial charge in [-0.1, -0.05) is 39.8 Å². The first-order valence-electron chi connectivity index (χ1n) is 7.84. The molecule has 0 saturated heterocycles. The van der Waals surface area contributed by atoms with Crippen LogP contribution in [-0.4, -0.2) is 6.54 Å². The van der Waals surface area contributed by atoms with Crippen LogP contribution in [0.3, 0.4) is 0 Å². The fourth-order valence-electron chi connectivity index (χ4n) is 2.85. The lowest BCUT2D eigenvalue weighted by Gasteiger charge is -2.09. The Labute approximate surface area is 122 Å². The highest BCUT2D eigenvalue weighted by molar-refractivity contribution is 5.88. The quantitative estimate of drug-likeness (QED) is 0.755. The van der Waals surface area contributed by atoms with Gasteiger partial charge < -0.3 is 9.73 Å². The molecule has 2 aromatic rings. The number of fused-ring (bicyclic) bond motifs is 1. The molecule has 0 spiro atoms. The molecule has 0 aliphatic heterocycles. The Bertz CT molecular complexity index is 581. The van der Waals surface area contributed by atoms with Gasteiger partial charge >= 0.3 is 0 Å². The zero-order valence-electron chi connectivity index (χ0n) is 13.5. The summed E-state index contributed by atoms with van der Waals surface area (Å²) in [6.45, 7) is 12.9. The molecule has 110 valence electrons. The fourth-order valence-corrected chi connectivity index (χ4v) is 2.85. The monoisotopic (exact) mass is 273 g/mol. The molecule has 1 N–H and O–H groups in total. The molecule has 0 fully saturated rings. The predicted octanol–water partition coefficient (Wildman–Crippen LogP) is 4.93. The molecule has 0 bridgehead atoms. The van der Waals surface area contributed by atoms with Gasteiger partial charge in [0.25, 0.3) is 0 Å². The Morgan fingerprint density at radius 2 is 1.95 bits per heavy atom. The maximum absolute atomic E-state index is 6.20. The van der Waals surface area contributed by atoms with Crippen molar-refractivity contribution >= 4 is 11.0 Å². The van der Waals surface area contributed by atoms with E-state index >= 15 is 0 Å². The van der Waals surface area contributed by atoms with Crippen molar-refractivity contribution in [1.82, 2.24) is 5.32 Å². The van der Waals surface area contributed by atoms with Crippen LogP contribution in [0.5, 0.6) is 0 Å². The average molecular weight is 273 g/mol. The molecule has 20 heavy (non-hydrogen) atoms. The highest BCUT2D eigenvalue weighted by Gasteiger charge is 2.18. The number of aryl methyl sites for hydroxylation is 2. The number of nitrogens with one attached hydrogen (secondary N) is 1. The second-order valence-electron chi connectivity index (χ2n) is 5.86. The van der Waals surface area contributed by atoms with Gasteiger partial charge in [-0.3, -0.25) is 0 Å². The van der Waals surface area contributed by atoms with Crippen LogP contribution in [0.25, 0.3) is 11.0 Å². The zero-order valence-corrected chi connectivity index (χ0v) is 13.5. The molecular formula is C18H27NO. The maximum atomic E-state index is 6.20. The number of hydrogen-bond acceptors (Lipinski definition) is 2. The summed E-state index contributed by atoms with van der Waals surface area (Å²) >= 11 is 0. The first-order valence-corrected chi connectivity index (χ1v) is 7.84. The maximum Gasteiger partial charge on any atom is 0.137 e. The van der Waals surface area contributed by atoms with Gasteiger partial charge in [0.1, 0.15) is 11.3 Å². The second kappa shape index (κ2) is 6.45. The van der Waals surface area contributed by atoms with E-state index in [0.29, 0.717) is 5.92 Å². The summed E-state index contributed by atoms with van der Waals surface area (Å²) in [5.41, 5.74) is 5.12. The molecule has 0 amide bonds. The lowest BCUT2D eigenvalue weighted by atomic mass is 9.94. The zero-order chi connectivity index (χ0) is 14.7. The van der Waals surface area contributed by atoms with Crippen molar-refractivity contribution in [2.75, 3.05) is 6.54 Å². The molecule has 0 aliphatic carbocycles. The molecule has 2 rings (SSSR count). The van der Waals surface area contributed by atoms with Gasteiger partial charge in [0.05, 0.1) is 6.54 Å². The fraction of sp³-hybridized carbons (Fsp3) is 0.556. The average Bonchev–Trinajstić information content (AvgIpc) is 2.78. The largest absolute Gasteiger partial charge is 0.459 e. The lowest BCUT2D eigenvalue weighted by Crippen LogP contribution is -2.14. The van der Waals surface area contributed by atoms with Crippen molar-refractivity contribution < 1.29 is 4.42 Å². The Hall–Kier alpha value is -1.28. The molecule has 1 aromatic heterocycles. The summed E-state index contributed by atoms with van der Waals surface area (Å²) in [6, 6.07) is 4.45. The molecule has 0 unspecified atom stereocenters. The van der Waals surface area contributed by atoms with Crippen LogP contribution in [0, 0.1) is 6.92 Å².